The lowest BCUT2D eigenvalue weighted by atomic mass is 9.65. The second-order valence-corrected chi connectivity index (χ2v) is 13.2. The number of benzene rings is 8. The number of nitrogens with zero attached hydrogens (tertiary/aromatic N) is 1. The van der Waals surface area contributed by atoms with E-state index in [0.717, 1.165) is 50.8 Å². The molecule has 0 saturated carbocycles. The average Bonchev–Trinajstić information content (AvgIpc) is 3.49. The van der Waals surface area contributed by atoms with E-state index in [9.17, 15) is 0 Å². The minimum absolute atomic E-state index is 0.599. The van der Waals surface area contributed by atoms with Crippen LogP contribution >= 0.6 is 0 Å². The molecule has 51 heavy (non-hydrogen) atoms. The van der Waals surface area contributed by atoms with Crippen LogP contribution in [0.1, 0.15) is 22.3 Å². The van der Waals surface area contributed by atoms with Crippen LogP contribution in [0.5, 0.6) is 11.5 Å². The zero-order valence-electron chi connectivity index (χ0n) is 27.9. The van der Waals surface area contributed by atoms with E-state index in [-0.39, 0.29) is 0 Å². The second-order valence-electron chi connectivity index (χ2n) is 13.2. The van der Waals surface area contributed by atoms with Gasteiger partial charge in [0.1, 0.15) is 11.5 Å². The van der Waals surface area contributed by atoms with Crippen molar-refractivity contribution in [2.75, 3.05) is 4.90 Å². The molecule has 1 atom stereocenters. The number of fused-ring (bicyclic) bond motifs is 9. The van der Waals surface area contributed by atoms with E-state index >= 15 is 0 Å². The predicted octanol–water partition coefficient (Wildman–Crippen LogP) is 13.0. The number of hydrogen-bond acceptors (Lipinski definition) is 2. The molecule has 0 fully saturated rings. The number of ether oxygens (including phenoxy) is 1. The lowest BCUT2D eigenvalue weighted by Gasteiger charge is -2.40. The Morgan fingerprint density at radius 3 is 1.67 bits per heavy atom. The van der Waals surface area contributed by atoms with Gasteiger partial charge in [0.05, 0.1) is 11.1 Å². The maximum absolute atomic E-state index is 6.95. The molecule has 240 valence electrons. The Labute approximate surface area is 298 Å². The third-order valence-corrected chi connectivity index (χ3v) is 10.5. The predicted molar refractivity (Wildman–Crippen MR) is 209 cm³/mol. The van der Waals surface area contributed by atoms with E-state index in [1.807, 2.05) is 0 Å². The first-order chi connectivity index (χ1) is 25.3. The Morgan fingerprint density at radius 1 is 0.353 bits per heavy atom. The molecule has 2 nitrogen and oxygen atoms in total. The fraction of sp³-hybridized carbons (Fsp3) is 0.0204. The number of anilines is 3. The third kappa shape index (κ3) is 4.43. The van der Waals surface area contributed by atoms with E-state index < -0.39 is 5.41 Å². The van der Waals surface area contributed by atoms with Crippen LogP contribution in [0.15, 0.2) is 200 Å². The minimum Gasteiger partial charge on any atom is -0.456 e. The van der Waals surface area contributed by atoms with Gasteiger partial charge in [0.15, 0.2) is 0 Å². The minimum atomic E-state index is -0.599. The van der Waals surface area contributed by atoms with E-state index in [1.54, 1.807) is 0 Å². The number of hydrogen-bond donors (Lipinski definition) is 0. The van der Waals surface area contributed by atoms with Crippen molar-refractivity contribution in [3.8, 4) is 44.9 Å². The molecule has 10 rings (SSSR count). The summed E-state index contributed by atoms with van der Waals surface area (Å²) in [7, 11) is 0. The van der Waals surface area contributed by atoms with E-state index in [4.69, 9.17) is 4.74 Å². The highest BCUT2D eigenvalue weighted by molar-refractivity contribution is 5.94. The number of para-hydroxylation sites is 4. The van der Waals surface area contributed by atoms with Gasteiger partial charge >= 0.3 is 0 Å². The quantitative estimate of drug-likeness (QED) is 0.184. The first-order valence-electron chi connectivity index (χ1n) is 17.5. The summed E-state index contributed by atoms with van der Waals surface area (Å²) < 4.78 is 6.95. The Kier molecular flexibility index (Phi) is 6.75. The molecule has 0 saturated heterocycles. The summed E-state index contributed by atoms with van der Waals surface area (Å²) in [5.41, 5.74) is 14.6. The summed E-state index contributed by atoms with van der Waals surface area (Å²) in [6.07, 6.45) is 0. The molecule has 1 heterocycles. The van der Waals surface area contributed by atoms with E-state index in [2.05, 4.69) is 205 Å². The summed E-state index contributed by atoms with van der Waals surface area (Å²) in [5.74, 6) is 1.79. The summed E-state index contributed by atoms with van der Waals surface area (Å²) >= 11 is 0. The van der Waals surface area contributed by atoms with Gasteiger partial charge in [-0.2, -0.15) is 0 Å². The molecule has 1 aliphatic carbocycles. The van der Waals surface area contributed by atoms with Gasteiger partial charge in [-0.3, -0.25) is 0 Å². The zero-order valence-corrected chi connectivity index (χ0v) is 27.9. The van der Waals surface area contributed by atoms with Gasteiger partial charge in [-0.05, 0) is 69.8 Å². The average molecular weight is 652 g/mol. The van der Waals surface area contributed by atoms with Gasteiger partial charge in [0, 0.05) is 33.6 Å². The normalized spacial score (nSPS) is 14.9. The molecule has 2 heteroatoms. The summed E-state index contributed by atoms with van der Waals surface area (Å²) in [6, 6.07) is 72.0. The Hall–Kier alpha value is -6.64. The maximum Gasteiger partial charge on any atom is 0.140 e. The van der Waals surface area contributed by atoms with Crippen molar-refractivity contribution in [2.24, 2.45) is 0 Å². The Bertz CT molecular complexity index is 2560. The smallest absolute Gasteiger partial charge is 0.140 e. The highest BCUT2D eigenvalue weighted by Crippen LogP contribution is 2.63. The van der Waals surface area contributed by atoms with Crippen molar-refractivity contribution >= 4 is 17.1 Å². The number of rotatable bonds is 5. The maximum atomic E-state index is 6.95. The molecule has 0 aromatic heterocycles. The fourth-order valence-electron chi connectivity index (χ4n) is 8.43. The Morgan fingerprint density at radius 2 is 0.902 bits per heavy atom. The van der Waals surface area contributed by atoms with Crippen molar-refractivity contribution in [1.29, 1.82) is 0 Å². The van der Waals surface area contributed by atoms with Crippen molar-refractivity contribution in [3.05, 3.63) is 222 Å². The van der Waals surface area contributed by atoms with E-state index in [0.29, 0.717) is 0 Å². The second kappa shape index (κ2) is 11.8. The van der Waals surface area contributed by atoms with Crippen molar-refractivity contribution in [3.63, 3.8) is 0 Å². The zero-order chi connectivity index (χ0) is 33.8. The van der Waals surface area contributed by atoms with Crippen molar-refractivity contribution in [2.45, 2.75) is 5.41 Å². The van der Waals surface area contributed by atoms with Crippen LogP contribution < -0.4 is 9.64 Å². The molecule has 8 aromatic rings. The molecule has 8 aromatic carbocycles. The van der Waals surface area contributed by atoms with Crippen LogP contribution in [0.3, 0.4) is 0 Å². The largest absolute Gasteiger partial charge is 0.456 e. The van der Waals surface area contributed by atoms with E-state index in [1.165, 1.54) is 33.4 Å². The van der Waals surface area contributed by atoms with Crippen LogP contribution in [0, 0.1) is 0 Å². The SMILES string of the molecule is c1ccc(-c2ccccc2N(c2ccccc2)c2ccc3c(c2)C2(c4ccccc4Oc4c(-c5ccccc5)cccc42)c2ccccc2-3)cc1. The van der Waals surface area contributed by atoms with Crippen LogP contribution in [-0.2, 0) is 5.41 Å². The topological polar surface area (TPSA) is 12.5 Å². The molecule has 0 N–H and O–H groups in total. The summed E-state index contributed by atoms with van der Waals surface area (Å²) in [6.45, 7) is 0. The van der Waals surface area contributed by atoms with Crippen LogP contribution in [0.25, 0.3) is 33.4 Å². The molecular formula is C49H33NO. The standard InChI is InChI=1S/C49H33NO/c1-4-17-34(18-5-1)38-23-11-14-29-46(38)50(36-21-8-3-9-22-36)37-31-32-41-40-24-10-12-26-42(40)49(45(41)33-37)43-27-13-15-30-47(43)51-48-39(25-16-28-44(48)49)35-19-6-2-7-20-35/h1-33H. The van der Waals surface area contributed by atoms with Gasteiger partial charge in [-0.15, -0.1) is 0 Å². The van der Waals surface area contributed by atoms with Gasteiger partial charge in [-0.25, -0.2) is 0 Å². The molecule has 0 radical (unpaired) electrons. The molecule has 0 amide bonds. The van der Waals surface area contributed by atoms with Gasteiger partial charge in [0.2, 0.25) is 0 Å². The Balaban J connectivity index is 1.28. The first-order valence-corrected chi connectivity index (χ1v) is 17.5. The van der Waals surface area contributed by atoms with Gasteiger partial charge in [-0.1, -0.05) is 164 Å². The molecule has 1 unspecified atom stereocenters. The lowest BCUT2D eigenvalue weighted by Crippen LogP contribution is -2.32. The van der Waals surface area contributed by atoms with Crippen LogP contribution in [0.4, 0.5) is 17.1 Å². The first kappa shape index (κ1) is 29.3. The molecule has 1 spiro atoms. The molecule has 2 aliphatic rings. The summed E-state index contributed by atoms with van der Waals surface area (Å²) in [4.78, 5) is 2.41. The van der Waals surface area contributed by atoms with Crippen molar-refractivity contribution in [1.82, 2.24) is 0 Å². The monoisotopic (exact) mass is 651 g/mol. The van der Waals surface area contributed by atoms with Crippen LogP contribution in [-0.4, -0.2) is 0 Å². The fourth-order valence-corrected chi connectivity index (χ4v) is 8.43. The molecular weight excluding hydrogens is 619 g/mol. The van der Waals surface area contributed by atoms with Crippen LogP contribution in [0.2, 0.25) is 0 Å². The highest BCUT2D eigenvalue weighted by Gasteiger charge is 2.51. The molecule has 0 bridgehead atoms. The summed E-state index contributed by atoms with van der Waals surface area (Å²) in [5, 5.41) is 0. The van der Waals surface area contributed by atoms with Gasteiger partial charge in [0.25, 0.3) is 0 Å². The highest BCUT2D eigenvalue weighted by atomic mass is 16.5. The lowest BCUT2D eigenvalue weighted by molar-refractivity contribution is 0.438. The third-order valence-electron chi connectivity index (χ3n) is 10.5. The van der Waals surface area contributed by atoms with Crippen molar-refractivity contribution < 1.29 is 4.74 Å². The molecule has 1 aliphatic heterocycles. The van der Waals surface area contributed by atoms with Gasteiger partial charge < -0.3 is 9.64 Å².